The third-order valence-corrected chi connectivity index (χ3v) is 6.32. The van der Waals surface area contributed by atoms with Gasteiger partial charge >= 0.3 is 6.16 Å². The van der Waals surface area contributed by atoms with Crippen molar-refractivity contribution in [2.45, 2.75) is 31.3 Å². The van der Waals surface area contributed by atoms with E-state index >= 15 is 0 Å². The molecule has 10 nitrogen and oxygen atoms in total. The van der Waals surface area contributed by atoms with Gasteiger partial charge in [0.15, 0.2) is 11.6 Å². The molecule has 1 saturated heterocycles. The van der Waals surface area contributed by atoms with Gasteiger partial charge in [0.05, 0.1) is 29.0 Å². The minimum absolute atomic E-state index is 0.131. The van der Waals surface area contributed by atoms with Crippen LogP contribution in [0.4, 0.5) is 16.4 Å². The Balaban J connectivity index is 1.56. The van der Waals surface area contributed by atoms with Gasteiger partial charge in [0, 0.05) is 13.1 Å². The standard InChI is InChI=1S/C23H27N5O5S/c1-23(2,3)32-22(29)33-28-15-13-27(14-16-28)21-20(24-18-11-7-8-12-19(18)25-21)26-34(30,31)17-9-5-4-6-10-17/h4-12H,13-16H2,1-3H3,(H,24,26). The molecule has 1 aliphatic heterocycles. The molecule has 1 fully saturated rings. The molecule has 1 aromatic heterocycles. The molecule has 180 valence electrons. The van der Waals surface area contributed by atoms with E-state index in [9.17, 15) is 13.2 Å². The number of hydroxylamine groups is 2. The summed E-state index contributed by atoms with van der Waals surface area (Å²) in [4.78, 5) is 28.6. The predicted octanol–water partition coefficient (Wildman–Crippen LogP) is 3.42. The minimum Gasteiger partial charge on any atom is -0.427 e. The van der Waals surface area contributed by atoms with Crippen LogP contribution in [0.25, 0.3) is 11.0 Å². The molecule has 0 aliphatic carbocycles. The Bertz CT molecular complexity index is 1270. The van der Waals surface area contributed by atoms with E-state index < -0.39 is 21.8 Å². The highest BCUT2D eigenvalue weighted by atomic mass is 32.2. The van der Waals surface area contributed by atoms with E-state index in [0.717, 1.165) is 0 Å². The quantitative estimate of drug-likeness (QED) is 0.543. The molecule has 2 heterocycles. The van der Waals surface area contributed by atoms with Gasteiger partial charge < -0.3 is 14.5 Å². The van der Waals surface area contributed by atoms with Crippen LogP contribution in [0.1, 0.15) is 20.8 Å². The molecule has 0 spiro atoms. The summed E-state index contributed by atoms with van der Waals surface area (Å²) in [6.07, 6.45) is -0.761. The zero-order chi connectivity index (χ0) is 24.3. The Morgan fingerprint density at radius 1 is 0.912 bits per heavy atom. The first kappa shape index (κ1) is 23.7. The van der Waals surface area contributed by atoms with Crippen molar-refractivity contribution in [3.63, 3.8) is 0 Å². The number of nitrogens with zero attached hydrogens (tertiary/aromatic N) is 4. The highest BCUT2D eigenvalue weighted by Gasteiger charge is 2.27. The molecule has 4 rings (SSSR count). The van der Waals surface area contributed by atoms with Crippen LogP contribution in [-0.2, 0) is 19.6 Å². The Labute approximate surface area is 198 Å². The molecule has 11 heteroatoms. The van der Waals surface area contributed by atoms with Crippen LogP contribution in [0.15, 0.2) is 59.5 Å². The van der Waals surface area contributed by atoms with Crippen molar-refractivity contribution in [3.8, 4) is 0 Å². The number of piperazine rings is 1. The summed E-state index contributed by atoms with van der Waals surface area (Å²) in [6, 6.07) is 15.4. The van der Waals surface area contributed by atoms with E-state index in [1.165, 1.54) is 17.2 Å². The third-order valence-electron chi connectivity index (χ3n) is 4.97. The van der Waals surface area contributed by atoms with Gasteiger partial charge in [-0.2, -0.15) is 0 Å². The first-order valence-corrected chi connectivity index (χ1v) is 12.3. The average Bonchev–Trinajstić information content (AvgIpc) is 2.78. The molecule has 1 aliphatic rings. The second-order valence-electron chi connectivity index (χ2n) is 8.77. The second kappa shape index (κ2) is 9.43. The summed E-state index contributed by atoms with van der Waals surface area (Å²) in [5.41, 5.74) is 0.571. The van der Waals surface area contributed by atoms with Crippen molar-refractivity contribution in [2.75, 3.05) is 35.8 Å². The first-order chi connectivity index (χ1) is 16.1. The fourth-order valence-electron chi connectivity index (χ4n) is 3.43. The normalized spacial score (nSPS) is 15.2. The second-order valence-corrected chi connectivity index (χ2v) is 10.5. The predicted molar refractivity (Wildman–Crippen MR) is 128 cm³/mol. The van der Waals surface area contributed by atoms with Gasteiger partial charge in [0.1, 0.15) is 5.60 Å². The van der Waals surface area contributed by atoms with Crippen molar-refractivity contribution in [1.29, 1.82) is 0 Å². The zero-order valence-corrected chi connectivity index (χ0v) is 20.1. The number of aromatic nitrogens is 2. The van der Waals surface area contributed by atoms with E-state index in [1.54, 1.807) is 45.0 Å². The Morgan fingerprint density at radius 2 is 1.50 bits per heavy atom. The van der Waals surface area contributed by atoms with Crippen LogP contribution in [-0.4, -0.2) is 61.4 Å². The lowest BCUT2D eigenvalue weighted by molar-refractivity contribution is -0.144. The maximum absolute atomic E-state index is 13.0. The number of ether oxygens (including phenoxy) is 1. The number of fused-ring (bicyclic) bond motifs is 1. The number of carbonyl (C=O) groups excluding carboxylic acids is 1. The fraction of sp³-hybridized carbons (Fsp3) is 0.348. The van der Waals surface area contributed by atoms with Crippen LogP contribution in [0, 0.1) is 0 Å². The maximum atomic E-state index is 13.0. The molecule has 0 unspecified atom stereocenters. The van der Waals surface area contributed by atoms with E-state index in [-0.39, 0.29) is 10.7 Å². The molecular weight excluding hydrogens is 458 g/mol. The molecule has 0 atom stereocenters. The lowest BCUT2D eigenvalue weighted by Crippen LogP contribution is -2.48. The molecule has 0 amide bonds. The third kappa shape index (κ3) is 5.72. The van der Waals surface area contributed by atoms with Gasteiger partial charge in [-0.1, -0.05) is 30.3 Å². The summed E-state index contributed by atoms with van der Waals surface area (Å²) in [5, 5.41) is 1.52. The zero-order valence-electron chi connectivity index (χ0n) is 19.3. The van der Waals surface area contributed by atoms with Gasteiger partial charge in [-0.05, 0) is 45.0 Å². The van der Waals surface area contributed by atoms with Gasteiger partial charge in [-0.3, -0.25) is 4.72 Å². The number of anilines is 2. The van der Waals surface area contributed by atoms with Crippen LogP contribution in [0.2, 0.25) is 0 Å². The van der Waals surface area contributed by atoms with Gasteiger partial charge in [-0.15, -0.1) is 5.06 Å². The first-order valence-electron chi connectivity index (χ1n) is 10.9. The molecule has 0 bridgehead atoms. The number of hydrogen-bond donors (Lipinski definition) is 1. The molecule has 1 N–H and O–H groups in total. The monoisotopic (exact) mass is 485 g/mol. The van der Waals surface area contributed by atoms with Crippen molar-refractivity contribution in [3.05, 3.63) is 54.6 Å². The SMILES string of the molecule is CC(C)(C)OC(=O)ON1CCN(c2nc3ccccc3nc2NS(=O)(=O)c2ccccc2)CC1. The summed E-state index contributed by atoms with van der Waals surface area (Å²) < 4.78 is 33.8. The van der Waals surface area contributed by atoms with Crippen molar-refractivity contribution in [2.24, 2.45) is 0 Å². The number of para-hydroxylation sites is 2. The van der Waals surface area contributed by atoms with Crippen molar-refractivity contribution < 1.29 is 22.8 Å². The summed E-state index contributed by atoms with van der Waals surface area (Å²) >= 11 is 0. The molecule has 2 aromatic carbocycles. The van der Waals surface area contributed by atoms with E-state index in [1.807, 2.05) is 23.1 Å². The smallest absolute Gasteiger partial charge is 0.427 e. The molecule has 0 saturated carbocycles. The van der Waals surface area contributed by atoms with E-state index in [0.29, 0.717) is 43.0 Å². The molecular formula is C23H27N5O5S. The summed E-state index contributed by atoms with van der Waals surface area (Å²) in [5.74, 6) is 0.555. The number of nitrogens with one attached hydrogen (secondary N) is 1. The number of hydrogen-bond acceptors (Lipinski definition) is 9. The van der Waals surface area contributed by atoms with E-state index in [4.69, 9.17) is 14.6 Å². The van der Waals surface area contributed by atoms with Crippen molar-refractivity contribution in [1.82, 2.24) is 15.0 Å². The number of sulfonamides is 1. The molecule has 34 heavy (non-hydrogen) atoms. The molecule has 3 aromatic rings. The fourth-order valence-corrected chi connectivity index (χ4v) is 4.46. The number of rotatable bonds is 5. The minimum atomic E-state index is -3.86. The van der Waals surface area contributed by atoms with Crippen molar-refractivity contribution >= 4 is 38.8 Å². The van der Waals surface area contributed by atoms with E-state index in [2.05, 4.69) is 9.71 Å². The van der Waals surface area contributed by atoms with Gasteiger partial charge in [0.25, 0.3) is 10.0 Å². The van der Waals surface area contributed by atoms with Crippen LogP contribution in [0.5, 0.6) is 0 Å². The molecule has 0 radical (unpaired) electrons. The van der Waals surface area contributed by atoms with Crippen LogP contribution < -0.4 is 9.62 Å². The van der Waals surface area contributed by atoms with Crippen LogP contribution in [0.3, 0.4) is 0 Å². The number of benzene rings is 2. The largest absolute Gasteiger partial charge is 0.528 e. The summed E-state index contributed by atoms with van der Waals surface area (Å²) in [6.45, 7) is 6.96. The highest BCUT2D eigenvalue weighted by molar-refractivity contribution is 7.92. The Hall–Kier alpha value is -3.44. The lowest BCUT2D eigenvalue weighted by atomic mass is 10.2. The Morgan fingerprint density at radius 3 is 2.12 bits per heavy atom. The Kier molecular flexibility index (Phi) is 6.58. The topological polar surface area (TPSA) is 114 Å². The highest BCUT2D eigenvalue weighted by Crippen LogP contribution is 2.28. The summed E-state index contributed by atoms with van der Waals surface area (Å²) in [7, 11) is -3.86. The van der Waals surface area contributed by atoms with Gasteiger partial charge in [0.2, 0.25) is 0 Å². The van der Waals surface area contributed by atoms with Crippen LogP contribution >= 0.6 is 0 Å². The average molecular weight is 486 g/mol. The number of carbonyl (C=O) groups is 1. The maximum Gasteiger partial charge on any atom is 0.528 e. The lowest BCUT2D eigenvalue weighted by Gasteiger charge is -2.34. The van der Waals surface area contributed by atoms with Gasteiger partial charge in [-0.25, -0.2) is 23.2 Å².